The third-order valence-corrected chi connectivity index (χ3v) is 3.42. The smallest absolute Gasteiger partial charge is 0.0621 e. The van der Waals surface area contributed by atoms with E-state index >= 15 is 0 Å². The molecule has 1 nitrogen and oxygen atoms in total. The molecule has 1 aliphatic rings. The maximum atomic E-state index is 8.47. The van der Waals surface area contributed by atoms with Crippen LogP contribution in [0.3, 0.4) is 0 Å². The van der Waals surface area contributed by atoms with Crippen molar-refractivity contribution in [3.63, 3.8) is 0 Å². The molecule has 0 aromatic heterocycles. The van der Waals surface area contributed by atoms with Gasteiger partial charge in [-0.05, 0) is 61.6 Å². The zero-order chi connectivity index (χ0) is 11.2. The lowest BCUT2D eigenvalue weighted by molar-refractivity contribution is 0.682. The highest BCUT2D eigenvalue weighted by molar-refractivity contribution is 5.33. The molecular formula is C15H19N. The summed E-state index contributed by atoms with van der Waals surface area (Å²) in [5.41, 5.74) is 4.59. The SMILES string of the molecule is N#CCCCCc1ccc2c(c1)CCCC2. The molecule has 0 unspecified atom stereocenters. The largest absolute Gasteiger partial charge is 0.198 e. The van der Waals surface area contributed by atoms with Crippen LogP contribution in [-0.4, -0.2) is 0 Å². The Balaban J connectivity index is 1.93. The summed E-state index contributed by atoms with van der Waals surface area (Å²) in [6, 6.07) is 9.18. The predicted octanol–water partition coefficient (Wildman–Crippen LogP) is 3.80. The van der Waals surface area contributed by atoms with Crippen LogP contribution >= 0.6 is 0 Å². The summed E-state index contributed by atoms with van der Waals surface area (Å²) in [6.07, 6.45) is 9.25. The number of nitrogens with zero attached hydrogens (tertiary/aromatic N) is 1. The molecule has 0 saturated heterocycles. The van der Waals surface area contributed by atoms with Gasteiger partial charge in [0.05, 0.1) is 6.07 Å². The van der Waals surface area contributed by atoms with Crippen LogP contribution in [0.5, 0.6) is 0 Å². The van der Waals surface area contributed by atoms with Crippen molar-refractivity contribution < 1.29 is 0 Å². The number of aryl methyl sites for hydroxylation is 3. The Kier molecular flexibility index (Phi) is 3.99. The molecule has 0 spiro atoms. The number of rotatable bonds is 4. The van der Waals surface area contributed by atoms with Crippen molar-refractivity contribution in [1.29, 1.82) is 5.26 Å². The molecule has 0 atom stereocenters. The maximum Gasteiger partial charge on any atom is 0.0621 e. The highest BCUT2D eigenvalue weighted by Crippen LogP contribution is 2.22. The van der Waals surface area contributed by atoms with Crippen molar-refractivity contribution in [2.24, 2.45) is 0 Å². The standard InChI is InChI=1S/C15H19N/c16-11-5-1-2-6-13-9-10-14-7-3-4-8-15(14)12-13/h9-10,12H,1-8H2. The molecule has 0 fully saturated rings. The predicted molar refractivity (Wildman–Crippen MR) is 66.3 cm³/mol. The first kappa shape index (κ1) is 11.2. The molecule has 0 aliphatic heterocycles. The molecule has 0 amide bonds. The maximum absolute atomic E-state index is 8.47. The Labute approximate surface area is 98.1 Å². The molecule has 16 heavy (non-hydrogen) atoms. The first-order chi connectivity index (χ1) is 7.90. The zero-order valence-electron chi connectivity index (χ0n) is 9.84. The van der Waals surface area contributed by atoms with Gasteiger partial charge < -0.3 is 0 Å². The Bertz CT molecular complexity index is 387. The lowest BCUT2D eigenvalue weighted by Gasteiger charge is -2.16. The van der Waals surface area contributed by atoms with Crippen molar-refractivity contribution in [2.75, 3.05) is 0 Å². The van der Waals surface area contributed by atoms with Crippen LogP contribution in [0.25, 0.3) is 0 Å². The normalized spacial score (nSPS) is 14.2. The second-order valence-electron chi connectivity index (χ2n) is 4.68. The number of fused-ring (bicyclic) bond motifs is 1. The van der Waals surface area contributed by atoms with E-state index in [9.17, 15) is 0 Å². The van der Waals surface area contributed by atoms with E-state index in [0.29, 0.717) is 6.42 Å². The lowest BCUT2D eigenvalue weighted by atomic mass is 9.89. The van der Waals surface area contributed by atoms with E-state index in [2.05, 4.69) is 24.3 Å². The zero-order valence-corrected chi connectivity index (χ0v) is 9.84. The minimum absolute atomic E-state index is 0.699. The van der Waals surface area contributed by atoms with Crippen molar-refractivity contribution in [3.05, 3.63) is 34.9 Å². The molecule has 1 aromatic carbocycles. The van der Waals surface area contributed by atoms with E-state index in [0.717, 1.165) is 19.3 Å². The van der Waals surface area contributed by atoms with Crippen molar-refractivity contribution in [2.45, 2.75) is 51.4 Å². The summed E-state index contributed by atoms with van der Waals surface area (Å²) in [7, 11) is 0. The summed E-state index contributed by atoms with van der Waals surface area (Å²) >= 11 is 0. The van der Waals surface area contributed by atoms with Gasteiger partial charge in [-0.2, -0.15) is 5.26 Å². The van der Waals surface area contributed by atoms with Gasteiger partial charge in [-0.1, -0.05) is 18.2 Å². The van der Waals surface area contributed by atoms with Crippen LogP contribution in [0.15, 0.2) is 18.2 Å². The van der Waals surface area contributed by atoms with Crippen LogP contribution in [0.1, 0.15) is 48.8 Å². The topological polar surface area (TPSA) is 23.8 Å². The number of nitriles is 1. The second-order valence-corrected chi connectivity index (χ2v) is 4.68. The lowest BCUT2D eigenvalue weighted by Crippen LogP contribution is -2.03. The molecule has 0 heterocycles. The number of benzene rings is 1. The van der Waals surface area contributed by atoms with Gasteiger partial charge in [0.1, 0.15) is 0 Å². The molecule has 0 saturated carbocycles. The van der Waals surface area contributed by atoms with E-state index in [-0.39, 0.29) is 0 Å². The monoisotopic (exact) mass is 213 g/mol. The first-order valence-electron chi connectivity index (χ1n) is 6.38. The number of unbranched alkanes of at least 4 members (excludes halogenated alkanes) is 2. The highest BCUT2D eigenvalue weighted by Gasteiger charge is 2.08. The van der Waals surface area contributed by atoms with Gasteiger partial charge in [0.2, 0.25) is 0 Å². The molecule has 2 rings (SSSR count). The molecule has 84 valence electrons. The summed E-state index contributed by atoms with van der Waals surface area (Å²) in [5, 5.41) is 8.47. The van der Waals surface area contributed by atoms with Gasteiger partial charge in [-0.25, -0.2) is 0 Å². The third-order valence-electron chi connectivity index (χ3n) is 3.42. The molecule has 1 aromatic rings. The summed E-state index contributed by atoms with van der Waals surface area (Å²) in [5.74, 6) is 0. The molecule has 0 bridgehead atoms. The third kappa shape index (κ3) is 2.85. The molecule has 0 N–H and O–H groups in total. The number of hydrogen-bond donors (Lipinski definition) is 0. The summed E-state index contributed by atoms with van der Waals surface area (Å²) in [4.78, 5) is 0. The first-order valence-corrected chi connectivity index (χ1v) is 6.38. The fraction of sp³-hybridized carbons (Fsp3) is 0.533. The van der Waals surface area contributed by atoms with E-state index < -0.39 is 0 Å². The van der Waals surface area contributed by atoms with Gasteiger partial charge in [-0.15, -0.1) is 0 Å². The second kappa shape index (κ2) is 5.70. The minimum atomic E-state index is 0.699. The van der Waals surface area contributed by atoms with Crippen molar-refractivity contribution in [3.8, 4) is 6.07 Å². The van der Waals surface area contributed by atoms with Crippen LogP contribution in [-0.2, 0) is 19.3 Å². The highest BCUT2D eigenvalue weighted by atomic mass is 14.2. The van der Waals surface area contributed by atoms with Gasteiger partial charge in [0.25, 0.3) is 0 Å². The van der Waals surface area contributed by atoms with Crippen molar-refractivity contribution in [1.82, 2.24) is 0 Å². The van der Waals surface area contributed by atoms with Gasteiger partial charge in [-0.3, -0.25) is 0 Å². The molecule has 1 aliphatic carbocycles. The van der Waals surface area contributed by atoms with Gasteiger partial charge >= 0.3 is 0 Å². The fourth-order valence-electron chi connectivity index (χ4n) is 2.48. The average Bonchev–Trinajstić information content (AvgIpc) is 2.34. The quantitative estimate of drug-likeness (QED) is 0.698. The molecule has 1 heteroatoms. The van der Waals surface area contributed by atoms with E-state index in [4.69, 9.17) is 5.26 Å². The Morgan fingerprint density at radius 2 is 1.88 bits per heavy atom. The Hall–Kier alpha value is -1.29. The minimum Gasteiger partial charge on any atom is -0.198 e. The number of hydrogen-bond acceptors (Lipinski definition) is 1. The van der Waals surface area contributed by atoms with Crippen LogP contribution < -0.4 is 0 Å². The van der Waals surface area contributed by atoms with Gasteiger partial charge in [0.15, 0.2) is 0 Å². The van der Waals surface area contributed by atoms with E-state index in [1.165, 1.54) is 31.2 Å². The van der Waals surface area contributed by atoms with Gasteiger partial charge in [0, 0.05) is 6.42 Å². The Morgan fingerprint density at radius 1 is 1.06 bits per heavy atom. The molecule has 0 radical (unpaired) electrons. The van der Waals surface area contributed by atoms with E-state index in [1.54, 1.807) is 11.1 Å². The Morgan fingerprint density at radius 3 is 2.69 bits per heavy atom. The van der Waals surface area contributed by atoms with Crippen LogP contribution in [0.4, 0.5) is 0 Å². The summed E-state index contributed by atoms with van der Waals surface area (Å²) in [6.45, 7) is 0. The molecular weight excluding hydrogens is 194 g/mol. The van der Waals surface area contributed by atoms with Crippen LogP contribution in [0, 0.1) is 11.3 Å². The average molecular weight is 213 g/mol. The van der Waals surface area contributed by atoms with Crippen LogP contribution in [0.2, 0.25) is 0 Å². The van der Waals surface area contributed by atoms with Crippen molar-refractivity contribution >= 4 is 0 Å². The summed E-state index contributed by atoms with van der Waals surface area (Å²) < 4.78 is 0. The fourth-order valence-corrected chi connectivity index (χ4v) is 2.48. The van der Waals surface area contributed by atoms with E-state index in [1.807, 2.05) is 0 Å².